The first-order valence-electron chi connectivity index (χ1n) is 6.35. The lowest BCUT2D eigenvalue weighted by molar-refractivity contribution is 0.571. The van der Waals surface area contributed by atoms with E-state index < -0.39 is 0 Å². The Morgan fingerprint density at radius 2 is 2.28 bits per heavy atom. The van der Waals surface area contributed by atoms with Crippen LogP contribution in [-0.2, 0) is 20.0 Å². The van der Waals surface area contributed by atoms with Gasteiger partial charge < -0.3 is 5.32 Å². The minimum Gasteiger partial charge on any atom is -0.306 e. The van der Waals surface area contributed by atoms with Crippen LogP contribution in [0.15, 0.2) is 30.7 Å². The third-order valence-electron chi connectivity index (χ3n) is 3.11. The summed E-state index contributed by atoms with van der Waals surface area (Å²) in [5, 5.41) is 7.95. The molecule has 0 saturated heterocycles. The van der Waals surface area contributed by atoms with Gasteiger partial charge in [0.25, 0.3) is 0 Å². The van der Waals surface area contributed by atoms with Crippen molar-refractivity contribution in [2.75, 3.05) is 0 Å². The lowest BCUT2D eigenvalue weighted by Gasteiger charge is -2.13. The quantitative estimate of drug-likeness (QED) is 0.877. The van der Waals surface area contributed by atoms with Gasteiger partial charge in [-0.25, -0.2) is 0 Å². The molecule has 0 amide bonds. The van der Waals surface area contributed by atoms with Crippen LogP contribution in [0.4, 0.5) is 0 Å². The second-order valence-corrected chi connectivity index (χ2v) is 4.52. The Labute approximate surface area is 108 Å². The molecule has 1 N–H and O–H groups in total. The second-order valence-electron chi connectivity index (χ2n) is 4.52. The van der Waals surface area contributed by atoms with Crippen molar-refractivity contribution in [3.8, 4) is 0 Å². The molecule has 0 aliphatic heterocycles. The van der Waals surface area contributed by atoms with Crippen molar-refractivity contribution in [2.24, 2.45) is 7.05 Å². The van der Waals surface area contributed by atoms with Crippen LogP contribution < -0.4 is 5.32 Å². The van der Waals surface area contributed by atoms with E-state index in [-0.39, 0.29) is 0 Å². The van der Waals surface area contributed by atoms with Crippen molar-refractivity contribution in [1.82, 2.24) is 20.1 Å². The van der Waals surface area contributed by atoms with Crippen LogP contribution in [0.5, 0.6) is 0 Å². The Kier molecular flexibility index (Phi) is 4.10. The molecule has 4 nitrogen and oxygen atoms in total. The smallest absolute Gasteiger partial charge is 0.0666 e. The van der Waals surface area contributed by atoms with Crippen molar-refractivity contribution in [3.63, 3.8) is 0 Å². The lowest BCUT2D eigenvalue weighted by Crippen LogP contribution is -2.18. The standard InChI is InChI=1S/C14H20N4/c1-4-14-13(10-18(3)17-14)9-16-11(2)12-6-5-7-15-8-12/h5-8,10-11,16H,4,9H2,1-3H3/t11-/m0/s1. The molecule has 0 aliphatic rings. The summed E-state index contributed by atoms with van der Waals surface area (Å²) in [5.74, 6) is 0. The van der Waals surface area contributed by atoms with Crippen LogP contribution in [-0.4, -0.2) is 14.8 Å². The minimum atomic E-state index is 0.295. The molecule has 1 atom stereocenters. The summed E-state index contributed by atoms with van der Waals surface area (Å²) in [6.45, 7) is 5.13. The summed E-state index contributed by atoms with van der Waals surface area (Å²) in [6.07, 6.45) is 6.76. The molecule has 0 aromatic carbocycles. The van der Waals surface area contributed by atoms with Crippen LogP contribution >= 0.6 is 0 Å². The van der Waals surface area contributed by atoms with Gasteiger partial charge in [-0.1, -0.05) is 13.0 Å². The van der Waals surface area contributed by atoms with E-state index in [2.05, 4.69) is 41.5 Å². The Hall–Kier alpha value is -1.68. The number of rotatable bonds is 5. The Morgan fingerprint density at radius 1 is 1.44 bits per heavy atom. The number of hydrogen-bond acceptors (Lipinski definition) is 3. The Bertz CT molecular complexity index is 490. The van der Waals surface area contributed by atoms with E-state index in [1.165, 1.54) is 16.8 Å². The van der Waals surface area contributed by atoms with E-state index in [0.29, 0.717) is 6.04 Å². The molecule has 0 unspecified atom stereocenters. The first-order valence-corrected chi connectivity index (χ1v) is 6.35. The highest BCUT2D eigenvalue weighted by Gasteiger charge is 2.08. The highest BCUT2D eigenvalue weighted by molar-refractivity contribution is 5.18. The van der Waals surface area contributed by atoms with Crippen LogP contribution in [0.2, 0.25) is 0 Å². The average Bonchev–Trinajstić information content (AvgIpc) is 2.77. The molecule has 2 aromatic rings. The highest BCUT2D eigenvalue weighted by atomic mass is 15.3. The summed E-state index contributed by atoms with van der Waals surface area (Å²) in [6, 6.07) is 4.35. The zero-order valence-electron chi connectivity index (χ0n) is 11.2. The maximum Gasteiger partial charge on any atom is 0.0666 e. The summed E-state index contributed by atoms with van der Waals surface area (Å²) in [4.78, 5) is 4.14. The number of nitrogens with zero attached hydrogens (tertiary/aromatic N) is 3. The molecule has 0 saturated carbocycles. The van der Waals surface area contributed by atoms with Gasteiger partial charge in [-0.2, -0.15) is 5.10 Å². The van der Waals surface area contributed by atoms with Gasteiger partial charge in [-0.3, -0.25) is 9.67 Å². The number of pyridine rings is 1. The topological polar surface area (TPSA) is 42.7 Å². The highest BCUT2D eigenvalue weighted by Crippen LogP contribution is 2.13. The summed E-state index contributed by atoms with van der Waals surface area (Å²) >= 11 is 0. The number of hydrogen-bond donors (Lipinski definition) is 1. The lowest BCUT2D eigenvalue weighted by atomic mass is 10.1. The van der Waals surface area contributed by atoms with E-state index in [9.17, 15) is 0 Å². The normalized spacial score (nSPS) is 12.6. The predicted octanol–water partition coefficient (Wildman–Crippen LogP) is 2.23. The van der Waals surface area contributed by atoms with Gasteiger partial charge in [0, 0.05) is 43.8 Å². The van der Waals surface area contributed by atoms with Crippen LogP contribution in [0.1, 0.15) is 36.7 Å². The molecule has 96 valence electrons. The molecular formula is C14H20N4. The van der Waals surface area contributed by atoms with Gasteiger partial charge in [-0.15, -0.1) is 0 Å². The van der Waals surface area contributed by atoms with Crippen molar-refractivity contribution in [2.45, 2.75) is 32.9 Å². The Morgan fingerprint density at radius 3 is 2.94 bits per heavy atom. The molecule has 0 aliphatic carbocycles. The fourth-order valence-electron chi connectivity index (χ4n) is 2.04. The van der Waals surface area contributed by atoms with Gasteiger partial charge in [0.1, 0.15) is 0 Å². The van der Waals surface area contributed by atoms with Gasteiger partial charge in [0.15, 0.2) is 0 Å². The third kappa shape index (κ3) is 2.96. The van der Waals surface area contributed by atoms with Crippen LogP contribution in [0.25, 0.3) is 0 Å². The third-order valence-corrected chi connectivity index (χ3v) is 3.11. The monoisotopic (exact) mass is 244 g/mol. The number of aromatic nitrogens is 3. The first-order chi connectivity index (χ1) is 8.70. The second kappa shape index (κ2) is 5.78. The van der Waals surface area contributed by atoms with Crippen molar-refractivity contribution >= 4 is 0 Å². The maximum atomic E-state index is 4.44. The first kappa shape index (κ1) is 12.8. The van der Waals surface area contributed by atoms with E-state index in [4.69, 9.17) is 0 Å². The van der Waals surface area contributed by atoms with Crippen molar-refractivity contribution < 1.29 is 0 Å². The molecule has 2 rings (SSSR count). The Balaban J connectivity index is 1.99. The molecule has 2 aromatic heterocycles. The van der Waals surface area contributed by atoms with E-state index in [0.717, 1.165) is 13.0 Å². The van der Waals surface area contributed by atoms with Gasteiger partial charge >= 0.3 is 0 Å². The number of aryl methyl sites for hydroxylation is 2. The fourth-order valence-corrected chi connectivity index (χ4v) is 2.04. The molecule has 0 spiro atoms. The molecule has 2 heterocycles. The molecule has 0 fully saturated rings. The van der Waals surface area contributed by atoms with Crippen molar-refractivity contribution in [1.29, 1.82) is 0 Å². The van der Waals surface area contributed by atoms with Crippen LogP contribution in [0.3, 0.4) is 0 Å². The molecular weight excluding hydrogens is 224 g/mol. The SMILES string of the molecule is CCc1nn(C)cc1CN[C@@H](C)c1cccnc1. The van der Waals surface area contributed by atoms with Gasteiger partial charge in [0.2, 0.25) is 0 Å². The largest absolute Gasteiger partial charge is 0.306 e. The van der Waals surface area contributed by atoms with Crippen LogP contribution in [0, 0.1) is 0 Å². The average molecular weight is 244 g/mol. The van der Waals surface area contributed by atoms with Gasteiger partial charge in [0.05, 0.1) is 5.69 Å². The molecule has 0 radical (unpaired) electrons. The van der Waals surface area contributed by atoms with Crippen molar-refractivity contribution in [3.05, 3.63) is 47.5 Å². The maximum absolute atomic E-state index is 4.44. The van der Waals surface area contributed by atoms with E-state index in [1.54, 1.807) is 6.20 Å². The fraction of sp³-hybridized carbons (Fsp3) is 0.429. The molecule has 0 bridgehead atoms. The number of nitrogens with one attached hydrogen (secondary N) is 1. The molecule has 4 heteroatoms. The molecule has 18 heavy (non-hydrogen) atoms. The van der Waals surface area contributed by atoms with E-state index in [1.807, 2.05) is 24.0 Å². The summed E-state index contributed by atoms with van der Waals surface area (Å²) in [7, 11) is 1.97. The van der Waals surface area contributed by atoms with E-state index >= 15 is 0 Å². The zero-order chi connectivity index (χ0) is 13.0. The summed E-state index contributed by atoms with van der Waals surface area (Å²) in [5.41, 5.74) is 3.65. The minimum absolute atomic E-state index is 0.295. The summed E-state index contributed by atoms with van der Waals surface area (Å²) < 4.78 is 1.88. The predicted molar refractivity (Wildman–Crippen MR) is 72.1 cm³/mol. The van der Waals surface area contributed by atoms with Gasteiger partial charge in [-0.05, 0) is 25.0 Å². The zero-order valence-corrected chi connectivity index (χ0v) is 11.2.